The van der Waals surface area contributed by atoms with Crippen LogP contribution in [0.5, 0.6) is 0 Å². The van der Waals surface area contributed by atoms with Crippen LogP contribution in [0.25, 0.3) is 0 Å². The minimum absolute atomic E-state index is 0.193. The van der Waals surface area contributed by atoms with Gasteiger partial charge in [-0.3, -0.25) is 19.8 Å². The zero-order valence-electron chi connectivity index (χ0n) is 9.26. The summed E-state index contributed by atoms with van der Waals surface area (Å²) in [6.07, 6.45) is 1.26. The Morgan fingerprint density at radius 3 is 2.42 bits per heavy atom. The molecule has 2 heterocycles. The van der Waals surface area contributed by atoms with Crippen LogP contribution in [0.1, 0.15) is 6.42 Å². The summed E-state index contributed by atoms with van der Waals surface area (Å²) < 4.78 is 34.2. The molecular formula is C8H7FN4O5S. The number of hydrogen-bond donors (Lipinski definition) is 0. The molecule has 1 fully saturated rings. The van der Waals surface area contributed by atoms with Crippen molar-refractivity contribution >= 4 is 27.8 Å². The lowest BCUT2D eigenvalue weighted by Crippen LogP contribution is -2.28. The molecule has 1 amide bonds. The first-order chi connectivity index (χ1) is 8.79. The highest BCUT2D eigenvalue weighted by Gasteiger charge is 2.40. The predicted octanol–water partition coefficient (Wildman–Crippen LogP) is -0.211. The molecule has 0 spiro atoms. The number of amides is 1. The van der Waals surface area contributed by atoms with Gasteiger partial charge in [-0.25, -0.2) is 9.97 Å². The van der Waals surface area contributed by atoms with Gasteiger partial charge in [0, 0.05) is 13.0 Å². The summed E-state index contributed by atoms with van der Waals surface area (Å²) in [4.78, 5) is 29.3. The molecule has 1 aromatic rings. The predicted molar refractivity (Wildman–Crippen MR) is 59.5 cm³/mol. The molecule has 1 saturated heterocycles. The summed E-state index contributed by atoms with van der Waals surface area (Å²) in [6, 6.07) is 0. The Morgan fingerprint density at radius 2 is 2.00 bits per heavy atom. The topological polar surface area (TPSA) is 123 Å². The fraction of sp³-hybridized carbons (Fsp3) is 0.375. The second-order valence-corrected chi connectivity index (χ2v) is 5.42. The van der Waals surface area contributed by atoms with E-state index >= 15 is 0 Å². The minimum atomic E-state index is -4.82. The van der Waals surface area contributed by atoms with Gasteiger partial charge in [0.05, 0.1) is 4.92 Å². The van der Waals surface area contributed by atoms with Crippen LogP contribution in [0.4, 0.5) is 15.5 Å². The molecule has 11 heteroatoms. The maximum absolute atomic E-state index is 12.8. The Morgan fingerprint density at radius 1 is 1.42 bits per heavy atom. The lowest BCUT2D eigenvalue weighted by Gasteiger charge is -2.12. The van der Waals surface area contributed by atoms with E-state index in [0.717, 1.165) is 17.3 Å². The van der Waals surface area contributed by atoms with E-state index in [1.807, 2.05) is 0 Å². The molecule has 9 nitrogen and oxygen atoms in total. The van der Waals surface area contributed by atoms with Gasteiger partial charge in [-0.15, -0.1) is 3.89 Å². The van der Waals surface area contributed by atoms with Gasteiger partial charge in [-0.1, -0.05) is 0 Å². The molecule has 1 aliphatic heterocycles. The molecule has 19 heavy (non-hydrogen) atoms. The number of nitrogens with zero attached hydrogens (tertiary/aromatic N) is 4. The average Bonchev–Trinajstić information content (AvgIpc) is 2.71. The number of rotatable bonds is 3. The van der Waals surface area contributed by atoms with Crippen LogP contribution < -0.4 is 4.90 Å². The Balaban J connectivity index is 2.23. The molecule has 0 aromatic carbocycles. The number of nitro groups is 1. The van der Waals surface area contributed by atoms with Gasteiger partial charge in [0.1, 0.15) is 17.6 Å². The number of aromatic nitrogens is 2. The smallest absolute Gasteiger partial charge is 0.279 e. The number of carbonyl (C=O) groups excluding carboxylic acids is 1. The van der Waals surface area contributed by atoms with Crippen LogP contribution in [-0.2, 0) is 15.0 Å². The second-order valence-electron chi connectivity index (χ2n) is 3.80. The molecule has 2 rings (SSSR count). The van der Waals surface area contributed by atoms with Crippen LogP contribution in [-0.4, -0.2) is 41.0 Å². The molecule has 102 valence electrons. The molecular weight excluding hydrogens is 283 g/mol. The molecule has 0 radical (unpaired) electrons. The third-order valence-electron chi connectivity index (χ3n) is 2.56. The van der Waals surface area contributed by atoms with E-state index < -0.39 is 39.3 Å². The van der Waals surface area contributed by atoms with Gasteiger partial charge in [0.25, 0.3) is 0 Å². The first kappa shape index (κ1) is 13.3. The van der Waals surface area contributed by atoms with Crippen LogP contribution in [0.3, 0.4) is 0 Å². The highest BCUT2D eigenvalue weighted by atomic mass is 32.3. The van der Waals surface area contributed by atoms with Crippen molar-refractivity contribution in [3.63, 3.8) is 0 Å². The molecule has 1 atom stereocenters. The minimum Gasteiger partial charge on any atom is -0.279 e. The molecule has 1 aliphatic rings. The van der Waals surface area contributed by atoms with Gasteiger partial charge in [-0.05, 0) is 0 Å². The van der Waals surface area contributed by atoms with Crippen molar-refractivity contribution < 1.29 is 22.0 Å². The van der Waals surface area contributed by atoms with Gasteiger partial charge >= 0.3 is 15.9 Å². The van der Waals surface area contributed by atoms with Crippen molar-refractivity contribution in [3.05, 3.63) is 22.5 Å². The van der Waals surface area contributed by atoms with Gasteiger partial charge in [0.2, 0.25) is 11.9 Å². The zero-order chi connectivity index (χ0) is 14.2. The fourth-order valence-corrected chi connectivity index (χ4v) is 2.27. The van der Waals surface area contributed by atoms with Crippen LogP contribution in [0, 0.1) is 10.1 Å². The number of anilines is 1. The Bertz CT molecular complexity index is 631. The Kier molecular flexibility index (Phi) is 3.14. The quantitative estimate of drug-likeness (QED) is 0.428. The van der Waals surface area contributed by atoms with Crippen molar-refractivity contribution in [2.45, 2.75) is 11.7 Å². The number of halogens is 1. The van der Waals surface area contributed by atoms with Crippen LogP contribution in [0.15, 0.2) is 12.4 Å². The summed E-state index contributed by atoms with van der Waals surface area (Å²) >= 11 is 0. The molecule has 0 aliphatic carbocycles. The van der Waals surface area contributed by atoms with Crippen LogP contribution >= 0.6 is 0 Å². The van der Waals surface area contributed by atoms with Crippen molar-refractivity contribution in [1.29, 1.82) is 0 Å². The fourth-order valence-electron chi connectivity index (χ4n) is 1.60. The van der Waals surface area contributed by atoms with Gasteiger partial charge in [0.15, 0.2) is 0 Å². The normalized spacial score (nSPS) is 19.7. The molecule has 0 saturated carbocycles. The summed E-state index contributed by atoms with van der Waals surface area (Å²) in [6.45, 7) is -0.407. The van der Waals surface area contributed by atoms with Crippen molar-refractivity contribution in [3.8, 4) is 0 Å². The summed E-state index contributed by atoms with van der Waals surface area (Å²) in [5, 5.41) is 8.94. The van der Waals surface area contributed by atoms with E-state index in [2.05, 4.69) is 9.97 Å². The lowest BCUT2D eigenvalue weighted by molar-refractivity contribution is -0.385. The monoisotopic (exact) mass is 290 g/mol. The van der Waals surface area contributed by atoms with Gasteiger partial charge < -0.3 is 0 Å². The molecule has 1 unspecified atom stereocenters. The van der Waals surface area contributed by atoms with Crippen molar-refractivity contribution in [2.24, 2.45) is 0 Å². The number of carbonyl (C=O) groups is 1. The van der Waals surface area contributed by atoms with E-state index in [4.69, 9.17) is 0 Å². The molecule has 0 bridgehead atoms. The highest BCUT2D eigenvalue weighted by molar-refractivity contribution is 7.87. The van der Waals surface area contributed by atoms with Crippen LogP contribution in [0.2, 0.25) is 0 Å². The average molecular weight is 290 g/mol. The third kappa shape index (κ3) is 2.65. The standard InChI is InChI=1S/C8H7FN4O5S/c9-19(17,18)6-1-7(14)12(4-6)8-10-2-5(3-11-8)13(15)16/h2-3,6H,1,4H2. The molecule has 1 aromatic heterocycles. The zero-order valence-corrected chi connectivity index (χ0v) is 10.1. The first-order valence-electron chi connectivity index (χ1n) is 4.99. The largest absolute Gasteiger partial charge is 0.307 e. The van der Waals surface area contributed by atoms with Crippen molar-refractivity contribution in [2.75, 3.05) is 11.4 Å². The van der Waals surface area contributed by atoms with E-state index in [0.29, 0.717) is 0 Å². The number of hydrogen-bond acceptors (Lipinski definition) is 7. The summed E-state index contributed by atoms with van der Waals surface area (Å²) in [5.74, 6) is -0.846. The summed E-state index contributed by atoms with van der Waals surface area (Å²) in [7, 11) is -4.82. The Labute approximate surface area is 106 Å². The van der Waals surface area contributed by atoms with E-state index in [-0.39, 0.29) is 11.6 Å². The Hall–Kier alpha value is -2.17. The van der Waals surface area contributed by atoms with Crippen molar-refractivity contribution in [1.82, 2.24) is 9.97 Å². The lowest BCUT2D eigenvalue weighted by atomic mass is 10.4. The van der Waals surface area contributed by atoms with E-state index in [1.54, 1.807) is 0 Å². The first-order valence-corrected chi connectivity index (χ1v) is 6.44. The third-order valence-corrected chi connectivity index (χ3v) is 3.68. The summed E-state index contributed by atoms with van der Waals surface area (Å²) in [5.41, 5.74) is -0.370. The highest BCUT2D eigenvalue weighted by Crippen LogP contribution is 2.23. The second kappa shape index (κ2) is 4.50. The molecule has 0 N–H and O–H groups in total. The maximum Gasteiger partial charge on any atom is 0.307 e. The maximum atomic E-state index is 12.8. The van der Waals surface area contributed by atoms with E-state index in [1.165, 1.54) is 0 Å². The van der Waals surface area contributed by atoms with Gasteiger partial charge in [-0.2, -0.15) is 8.42 Å². The van der Waals surface area contributed by atoms with E-state index in [9.17, 15) is 27.2 Å². The SMILES string of the molecule is O=C1CC(S(=O)(=O)F)CN1c1ncc([N+](=O)[O-])cn1.